The highest BCUT2D eigenvalue weighted by atomic mass is 32.2. The van der Waals surface area contributed by atoms with Crippen LogP contribution < -0.4 is 10.6 Å². The summed E-state index contributed by atoms with van der Waals surface area (Å²) in [7, 11) is 0. The van der Waals surface area contributed by atoms with Gasteiger partial charge in [-0.25, -0.2) is 9.97 Å². The lowest BCUT2D eigenvalue weighted by molar-refractivity contribution is -0.151. The molecule has 1 saturated carbocycles. The van der Waals surface area contributed by atoms with Crippen molar-refractivity contribution in [1.82, 2.24) is 9.97 Å². The van der Waals surface area contributed by atoms with Crippen LogP contribution in [0.2, 0.25) is 0 Å². The molecule has 0 unspecified atom stereocenters. The van der Waals surface area contributed by atoms with Crippen LogP contribution in [-0.2, 0) is 0 Å². The molecule has 0 radical (unpaired) electrons. The van der Waals surface area contributed by atoms with Crippen molar-refractivity contribution >= 4 is 23.4 Å². The molecule has 20 heavy (non-hydrogen) atoms. The highest BCUT2D eigenvalue weighted by Gasteiger charge is 2.63. The number of halogens is 3. The van der Waals surface area contributed by atoms with Crippen molar-refractivity contribution in [1.29, 1.82) is 0 Å². The standard InChI is InChI=1S/C12H17F3N4S/c1-3-6-16-8-7-9(18-10(17-8)20-2)19-11(4-5-11)12(13,14)15/h7H,3-6H2,1-2H3,(H2,16,17,18,19). The third-order valence-corrected chi connectivity index (χ3v) is 3.65. The molecule has 0 bridgehead atoms. The summed E-state index contributed by atoms with van der Waals surface area (Å²) >= 11 is 1.30. The number of hydrogen-bond donors (Lipinski definition) is 2. The van der Waals surface area contributed by atoms with Gasteiger partial charge in [-0.1, -0.05) is 18.7 Å². The normalized spacial score (nSPS) is 16.9. The first-order chi connectivity index (χ1) is 9.40. The van der Waals surface area contributed by atoms with E-state index >= 15 is 0 Å². The summed E-state index contributed by atoms with van der Waals surface area (Å²) < 4.78 is 38.8. The molecule has 4 nitrogen and oxygen atoms in total. The van der Waals surface area contributed by atoms with Gasteiger partial charge in [-0.3, -0.25) is 0 Å². The third kappa shape index (κ3) is 3.28. The van der Waals surface area contributed by atoms with E-state index < -0.39 is 11.7 Å². The summed E-state index contributed by atoms with van der Waals surface area (Å²) in [4.78, 5) is 8.32. The van der Waals surface area contributed by atoms with Crippen LogP contribution in [0.5, 0.6) is 0 Å². The summed E-state index contributed by atoms with van der Waals surface area (Å²) in [6.45, 7) is 2.72. The van der Waals surface area contributed by atoms with Gasteiger partial charge in [0.2, 0.25) is 0 Å². The SMILES string of the molecule is CCCNc1cc(NC2(C(F)(F)F)CC2)nc(SC)n1. The second-order valence-corrected chi connectivity index (χ2v) is 5.53. The molecule has 1 aromatic heterocycles. The van der Waals surface area contributed by atoms with Crippen molar-refractivity contribution in [3.8, 4) is 0 Å². The quantitative estimate of drug-likeness (QED) is 0.622. The molecular formula is C12H17F3N4S. The van der Waals surface area contributed by atoms with Gasteiger partial charge in [-0.05, 0) is 25.5 Å². The maximum atomic E-state index is 12.9. The van der Waals surface area contributed by atoms with Crippen molar-refractivity contribution < 1.29 is 13.2 Å². The molecule has 2 N–H and O–H groups in total. The van der Waals surface area contributed by atoms with Crippen LogP contribution >= 0.6 is 11.8 Å². The van der Waals surface area contributed by atoms with Crippen molar-refractivity contribution in [2.45, 2.75) is 43.1 Å². The van der Waals surface area contributed by atoms with Crippen LogP contribution in [0.4, 0.5) is 24.8 Å². The van der Waals surface area contributed by atoms with Gasteiger partial charge in [0.15, 0.2) is 5.16 Å². The first kappa shape index (κ1) is 15.2. The highest BCUT2D eigenvalue weighted by Crippen LogP contribution is 2.51. The number of aromatic nitrogens is 2. The van der Waals surface area contributed by atoms with E-state index in [1.165, 1.54) is 17.8 Å². The Kier molecular flexibility index (Phi) is 4.31. The second-order valence-electron chi connectivity index (χ2n) is 4.76. The van der Waals surface area contributed by atoms with E-state index in [2.05, 4.69) is 20.6 Å². The summed E-state index contributed by atoms with van der Waals surface area (Å²) in [6.07, 6.45) is -1.37. The average Bonchev–Trinajstić information content (AvgIpc) is 3.16. The van der Waals surface area contributed by atoms with E-state index in [1.807, 2.05) is 6.92 Å². The fourth-order valence-electron chi connectivity index (χ4n) is 1.77. The monoisotopic (exact) mass is 306 g/mol. The van der Waals surface area contributed by atoms with E-state index in [-0.39, 0.29) is 18.7 Å². The van der Waals surface area contributed by atoms with Gasteiger partial charge in [0, 0.05) is 12.6 Å². The Labute approximate surface area is 120 Å². The van der Waals surface area contributed by atoms with E-state index in [4.69, 9.17) is 0 Å². The highest BCUT2D eigenvalue weighted by molar-refractivity contribution is 7.98. The number of nitrogens with zero attached hydrogens (tertiary/aromatic N) is 2. The van der Waals surface area contributed by atoms with Gasteiger partial charge in [0.05, 0.1) is 0 Å². The molecule has 0 saturated heterocycles. The summed E-state index contributed by atoms with van der Waals surface area (Å²) in [6, 6.07) is 1.53. The van der Waals surface area contributed by atoms with E-state index in [0.717, 1.165) is 6.42 Å². The smallest absolute Gasteiger partial charge is 0.370 e. The Morgan fingerprint density at radius 2 is 1.95 bits per heavy atom. The van der Waals surface area contributed by atoms with Crippen molar-refractivity contribution in [3.05, 3.63) is 6.07 Å². The zero-order valence-electron chi connectivity index (χ0n) is 11.3. The van der Waals surface area contributed by atoms with Gasteiger partial charge < -0.3 is 10.6 Å². The van der Waals surface area contributed by atoms with Gasteiger partial charge in [0.1, 0.15) is 17.2 Å². The zero-order valence-corrected chi connectivity index (χ0v) is 12.2. The predicted molar refractivity (Wildman–Crippen MR) is 74.2 cm³/mol. The molecule has 8 heteroatoms. The summed E-state index contributed by atoms with van der Waals surface area (Å²) in [5.41, 5.74) is -1.81. The average molecular weight is 306 g/mol. The molecule has 1 aromatic rings. The van der Waals surface area contributed by atoms with Crippen LogP contribution in [0.3, 0.4) is 0 Å². The molecule has 112 valence electrons. The van der Waals surface area contributed by atoms with Crippen LogP contribution in [0, 0.1) is 0 Å². The zero-order chi connectivity index (χ0) is 14.8. The molecule has 1 aliphatic rings. The van der Waals surface area contributed by atoms with Crippen LogP contribution in [0.15, 0.2) is 11.2 Å². The number of nitrogens with one attached hydrogen (secondary N) is 2. The van der Waals surface area contributed by atoms with Crippen LogP contribution in [0.1, 0.15) is 26.2 Å². The molecule has 0 aliphatic heterocycles. The number of hydrogen-bond acceptors (Lipinski definition) is 5. The number of rotatable bonds is 6. The van der Waals surface area contributed by atoms with Crippen molar-refractivity contribution in [2.75, 3.05) is 23.4 Å². The van der Waals surface area contributed by atoms with Gasteiger partial charge in [-0.15, -0.1) is 0 Å². The molecule has 1 fully saturated rings. The molecule has 1 heterocycles. The minimum atomic E-state index is -4.26. The van der Waals surface area contributed by atoms with E-state index in [9.17, 15) is 13.2 Å². The fourth-order valence-corrected chi connectivity index (χ4v) is 2.15. The molecule has 1 aliphatic carbocycles. The Morgan fingerprint density at radius 3 is 2.45 bits per heavy atom. The van der Waals surface area contributed by atoms with Crippen LogP contribution in [-0.4, -0.2) is 34.5 Å². The summed E-state index contributed by atoms with van der Waals surface area (Å²) in [5.74, 6) is 0.768. The Balaban J connectivity index is 2.19. The molecule has 0 amide bonds. The largest absolute Gasteiger partial charge is 0.411 e. The van der Waals surface area contributed by atoms with E-state index in [0.29, 0.717) is 17.5 Å². The Hall–Kier alpha value is -1.18. The second kappa shape index (κ2) is 5.67. The van der Waals surface area contributed by atoms with Crippen LogP contribution in [0.25, 0.3) is 0 Å². The minimum Gasteiger partial charge on any atom is -0.370 e. The van der Waals surface area contributed by atoms with Crippen molar-refractivity contribution in [3.63, 3.8) is 0 Å². The maximum absolute atomic E-state index is 12.9. The third-order valence-electron chi connectivity index (χ3n) is 3.10. The Morgan fingerprint density at radius 1 is 1.30 bits per heavy atom. The van der Waals surface area contributed by atoms with Crippen molar-refractivity contribution in [2.24, 2.45) is 0 Å². The molecule has 0 spiro atoms. The van der Waals surface area contributed by atoms with Gasteiger partial charge in [0.25, 0.3) is 0 Å². The Bertz CT molecular complexity index is 474. The first-order valence-electron chi connectivity index (χ1n) is 6.42. The minimum absolute atomic E-state index is 0.0901. The van der Waals surface area contributed by atoms with Gasteiger partial charge >= 0.3 is 6.18 Å². The first-order valence-corrected chi connectivity index (χ1v) is 7.64. The molecular weight excluding hydrogens is 289 g/mol. The lowest BCUT2D eigenvalue weighted by atomic mass is 10.2. The molecule has 0 atom stereocenters. The fraction of sp³-hybridized carbons (Fsp3) is 0.667. The molecule has 2 rings (SSSR count). The topological polar surface area (TPSA) is 49.8 Å². The van der Waals surface area contributed by atoms with E-state index in [1.54, 1.807) is 6.26 Å². The predicted octanol–water partition coefficient (Wildman–Crippen LogP) is 3.53. The lowest BCUT2D eigenvalue weighted by Crippen LogP contribution is -2.39. The number of anilines is 2. The molecule has 0 aromatic carbocycles. The maximum Gasteiger partial charge on any atom is 0.411 e. The van der Waals surface area contributed by atoms with Gasteiger partial charge in [-0.2, -0.15) is 13.2 Å². The number of alkyl halides is 3. The number of thioether (sulfide) groups is 1. The lowest BCUT2D eigenvalue weighted by Gasteiger charge is -2.21. The summed E-state index contributed by atoms with van der Waals surface area (Å²) in [5, 5.41) is 6.05.